The predicted octanol–water partition coefficient (Wildman–Crippen LogP) is 3.82. The second-order valence-corrected chi connectivity index (χ2v) is 10.9. The van der Waals surface area contributed by atoms with E-state index in [1.807, 2.05) is 29.0 Å². The summed E-state index contributed by atoms with van der Waals surface area (Å²) in [5.74, 6) is -1.35. The van der Waals surface area contributed by atoms with Gasteiger partial charge in [0, 0.05) is 18.8 Å². The van der Waals surface area contributed by atoms with Gasteiger partial charge in [0.25, 0.3) is 5.91 Å². The summed E-state index contributed by atoms with van der Waals surface area (Å²) in [6.45, 7) is 4.52. The summed E-state index contributed by atoms with van der Waals surface area (Å²) in [4.78, 5) is 19.5. The quantitative estimate of drug-likeness (QED) is 0.369. The Bertz CT molecular complexity index is 1660. The summed E-state index contributed by atoms with van der Waals surface area (Å²) in [6.07, 6.45) is -3.99. The number of carbonyl (C=O) groups excluding carboxylic acids is 1. The zero-order valence-corrected chi connectivity index (χ0v) is 22.2. The number of hydrogen-bond acceptors (Lipinski definition) is 8. The highest BCUT2D eigenvalue weighted by Gasteiger charge is 2.31. The van der Waals surface area contributed by atoms with Gasteiger partial charge in [-0.1, -0.05) is 12.1 Å². The van der Waals surface area contributed by atoms with Gasteiger partial charge in [-0.15, -0.1) is 13.2 Å². The lowest BCUT2D eigenvalue weighted by atomic mass is 10.0. The van der Waals surface area contributed by atoms with Crippen LogP contribution in [0.2, 0.25) is 0 Å². The SMILES string of the molecule is Cc1nn(-c2ccc(OC(F)(F)F)cc2)c2nc(C(=O)NS(C)(=O)=O)cc(-c3ccc(N4CCOCC4)cc3)c12. The molecule has 2 aromatic carbocycles. The van der Waals surface area contributed by atoms with Crippen molar-refractivity contribution in [1.29, 1.82) is 0 Å². The first-order valence-electron chi connectivity index (χ1n) is 12.1. The van der Waals surface area contributed by atoms with Crippen LogP contribution in [0.1, 0.15) is 16.2 Å². The fraction of sp³-hybridized carbons (Fsp3) is 0.269. The highest BCUT2D eigenvalue weighted by molar-refractivity contribution is 7.89. The molecule has 14 heteroatoms. The van der Waals surface area contributed by atoms with Gasteiger partial charge in [0.1, 0.15) is 11.4 Å². The average Bonchev–Trinajstić information content (AvgIpc) is 3.23. The van der Waals surface area contributed by atoms with Gasteiger partial charge < -0.3 is 14.4 Å². The van der Waals surface area contributed by atoms with E-state index in [9.17, 15) is 26.4 Å². The third-order valence-corrected chi connectivity index (χ3v) is 6.75. The van der Waals surface area contributed by atoms with Crippen LogP contribution in [0.15, 0.2) is 54.6 Å². The summed E-state index contributed by atoms with van der Waals surface area (Å²) in [6, 6.07) is 14.2. The Hall–Kier alpha value is -4.17. The molecule has 0 unspecified atom stereocenters. The molecule has 1 aliphatic rings. The second-order valence-electron chi connectivity index (χ2n) is 9.14. The van der Waals surface area contributed by atoms with E-state index in [2.05, 4.69) is 19.7 Å². The number of nitrogens with one attached hydrogen (secondary N) is 1. The van der Waals surface area contributed by atoms with Crippen molar-refractivity contribution in [2.75, 3.05) is 37.5 Å². The minimum atomic E-state index is -4.84. The molecule has 0 radical (unpaired) electrons. The standard InChI is InChI=1S/C26H24F3N5O5S/c1-16-23-21(17-3-5-18(6-4-17)33-11-13-38-14-12-33)15-22(25(35)32-40(2,36)37)30-24(23)34(31-16)19-7-9-20(10-8-19)39-26(27,28)29/h3-10,15H,11-14H2,1-2H3,(H,32,35). The molecule has 3 heterocycles. The summed E-state index contributed by atoms with van der Waals surface area (Å²) in [5.41, 5.74) is 3.25. The number of pyridine rings is 1. The van der Waals surface area contributed by atoms with Gasteiger partial charge >= 0.3 is 6.36 Å². The number of amides is 1. The fourth-order valence-corrected chi connectivity index (χ4v) is 4.94. The Morgan fingerprint density at radius 1 is 1.02 bits per heavy atom. The number of hydrogen-bond donors (Lipinski definition) is 1. The van der Waals surface area contributed by atoms with Gasteiger partial charge in [-0.25, -0.2) is 22.8 Å². The minimum absolute atomic E-state index is 0.177. The molecule has 0 spiro atoms. The molecule has 1 amide bonds. The lowest BCUT2D eigenvalue weighted by molar-refractivity contribution is -0.274. The number of benzene rings is 2. The number of alkyl halides is 3. The normalized spacial score (nSPS) is 14.4. The molecule has 40 heavy (non-hydrogen) atoms. The average molecular weight is 576 g/mol. The molecule has 0 aliphatic carbocycles. The van der Waals surface area contributed by atoms with Crippen molar-refractivity contribution >= 4 is 32.7 Å². The van der Waals surface area contributed by atoms with Crippen LogP contribution in [0.3, 0.4) is 0 Å². The summed E-state index contributed by atoms with van der Waals surface area (Å²) >= 11 is 0. The van der Waals surface area contributed by atoms with Gasteiger partial charge in [0.15, 0.2) is 5.65 Å². The number of halogens is 3. The summed E-state index contributed by atoms with van der Waals surface area (Å²) < 4.78 is 74.0. The minimum Gasteiger partial charge on any atom is -0.406 e. The van der Waals surface area contributed by atoms with E-state index in [4.69, 9.17) is 4.74 Å². The van der Waals surface area contributed by atoms with E-state index >= 15 is 0 Å². The van der Waals surface area contributed by atoms with Gasteiger partial charge in [-0.2, -0.15) is 5.10 Å². The molecular formula is C26H24F3N5O5S. The topological polar surface area (TPSA) is 116 Å². The van der Waals surface area contributed by atoms with Crippen molar-refractivity contribution in [3.63, 3.8) is 0 Å². The van der Waals surface area contributed by atoms with E-state index in [1.54, 1.807) is 6.92 Å². The molecule has 1 fully saturated rings. The number of aromatic nitrogens is 3. The zero-order valence-electron chi connectivity index (χ0n) is 21.4. The summed E-state index contributed by atoms with van der Waals surface area (Å²) in [7, 11) is -3.88. The van der Waals surface area contributed by atoms with Crippen LogP contribution in [0.4, 0.5) is 18.9 Å². The van der Waals surface area contributed by atoms with Crippen LogP contribution >= 0.6 is 0 Å². The highest BCUT2D eigenvalue weighted by Crippen LogP contribution is 2.34. The van der Waals surface area contributed by atoms with Gasteiger partial charge in [-0.3, -0.25) is 4.79 Å². The number of sulfonamides is 1. The van der Waals surface area contributed by atoms with Crippen molar-refractivity contribution in [3.8, 4) is 22.6 Å². The highest BCUT2D eigenvalue weighted by atomic mass is 32.2. The third-order valence-electron chi connectivity index (χ3n) is 6.19. The predicted molar refractivity (Wildman–Crippen MR) is 141 cm³/mol. The van der Waals surface area contributed by atoms with Crippen molar-refractivity contribution < 1.29 is 35.9 Å². The van der Waals surface area contributed by atoms with Crippen molar-refractivity contribution in [2.45, 2.75) is 13.3 Å². The fourth-order valence-electron chi connectivity index (χ4n) is 4.50. The molecular weight excluding hydrogens is 551 g/mol. The number of rotatable bonds is 6. The Morgan fingerprint density at radius 2 is 1.65 bits per heavy atom. The molecule has 10 nitrogen and oxygen atoms in total. The largest absolute Gasteiger partial charge is 0.573 e. The van der Waals surface area contributed by atoms with Crippen LogP contribution < -0.4 is 14.4 Å². The first-order valence-corrected chi connectivity index (χ1v) is 14.0. The van der Waals surface area contributed by atoms with E-state index in [0.717, 1.165) is 42.7 Å². The second kappa shape index (κ2) is 10.4. The molecule has 5 rings (SSSR count). The van der Waals surface area contributed by atoms with Crippen LogP contribution in [0.5, 0.6) is 5.75 Å². The molecule has 2 aromatic heterocycles. The van der Waals surface area contributed by atoms with E-state index < -0.39 is 28.0 Å². The monoisotopic (exact) mass is 575 g/mol. The van der Waals surface area contributed by atoms with E-state index in [0.29, 0.717) is 35.5 Å². The van der Waals surface area contributed by atoms with Gasteiger partial charge in [-0.05, 0) is 60.5 Å². The maximum Gasteiger partial charge on any atom is 0.573 e. The van der Waals surface area contributed by atoms with E-state index in [-0.39, 0.29) is 11.3 Å². The molecule has 0 saturated carbocycles. The Labute approximate surface area is 227 Å². The lowest BCUT2D eigenvalue weighted by Crippen LogP contribution is -2.36. The Morgan fingerprint density at radius 3 is 2.25 bits per heavy atom. The Balaban J connectivity index is 1.62. The molecule has 1 saturated heterocycles. The number of anilines is 1. The maximum atomic E-state index is 12.9. The number of nitrogens with zero attached hydrogens (tertiary/aromatic N) is 4. The Kier molecular flexibility index (Phi) is 7.14. The van der Waals surface area contributed by atoms with Crippen molar-refractivity contribution in [3.05, 3.63) is 66.0 Å². The zero-order chi connectivity index (χ0) is 28.7. The van der Waals surface area contributed by atoms with Gasteiger partial charge in [0.2, 0.25) is 10.0 Å². The number of aryl methyl sites for hydroxylation is 1. The van der Waals surface area contributed by atoms with Gasteiger partial charge in [0.05, 0.1) is 36.2 Å². The number of carbonyl (C=O) groups is 1. The van der Waals surface area contributed by atoms with Crippen LogP contribution in [-0.2, 0) is 14.8 Å². The van der Waals surface area contributed by atoms with E-state index in [1.165, 1.54) is 22.9 Å². The summed E-state index contributed by atoms with van der Waals surface area (Å²) in [5, 5.41) is 5.12. The molecule has 0 atom stereocenters. The van der Waals surface area contributed by atoms with Crippen LogP contribution in [0, 0.1) is 6.92 Å². The number of fused-ring (bicyclic) bond motifs is 1. The van der Waals surface area contributed by atoms with Crippen molar-refractivity contribution in [1.82, 2.24) is 19.5 Å². The maximum absolute atomic E-state index is 12.9. The molecule has 1 aliphatic heterocycles. The third kappa shape index (κ3) is 6.02. The molecule has 0 bridgehead atoms. The van der Waals surface area contributed by atoms with Crippen LogP contribution in [-0.4, -0.2) is 68.0 Å². The first-order chi connectivity index (χ1) is 18.9. The number of ether oxygens (including phenoxy) is 2. The number of morpholine rings is 1. The lowest BCUT2D eigenvalue weighted by Gasteiger charge is -2.29. The van der Waals surface area contributed by atoms with Crippen molar-refractivity contribution in [2.24, 2.45) is 0 Å². The molecule has 1 N–H and O–H groups in total. The first kappa shape index (κ1) is 27.4. The molecule has 4 aromatic rings. The smallest absolute Gasteiger partial charge is 0.406 e. The van der Waals surface area contributed by atoms with Crippen LogP contribution in [0.25, 0.3) is 27.8 Å². The molecule has 210 valence electrons.